The number of carbonyl (C=O) groups is 1. The maximum atomic E-state index is 12.6. The fourth-order valence-corrected chi connectivity index (χ4v) is 4.53. The van der Waals surface area contributed by atoms with Crippen molar-refractivity contribution < 1.29 is 27.1 Å². The molecule has 0 unspecified atom stereocenters. The molecular weight excluding hydrogens is 424 g/mol. The van der Waals surface area contributed by atoms with Crippen LogP contribution < -0.4 is 15.7 Å². The van der Waals surface area contributed by atoms with E-state index in [9.17, 15) is 18.0 Å². The molecule has 1 N–H and O–H groups in total. The van der Waals surface area contributed by atoms with E-state index in [0.29, 0.717) is 43.3 Å². The van der Waals surface area contributed by atoms with Crippen LogP contribution >= 0.6 is 0 Å². The molecule has 0 bridgehead atoms. The molecule has 0 radical (unpaired) electrons. The number of sulfonamides is 1. The van der Waals surface area contributed by atoms with Crippen LogP contribution in [-0.4, -0.2) is 51.5 Å². The molecule has 0 aliphatic carbocycles. The van der Waals surface area contributed by atoms with Crippen molar-refractivity contribution in [1.29, 1.82) is 0 Å². The predicted octanol–water partition coefficient (Wildman–Crippen LogP) is 1.83. The first-order valence-electron chi connectivity index (χ1n) is 9.56. The van der Waals surface area contributed by atoms with Gasteiger partial charge in [-0.15, -0.1) is 0 Å². The van der Waals surface area contributed by atoms with Gasteiger partial charge in [0.1, 0.15) is 11.3 Å². The zero-order valence-corrected chi connectivity index (χ0v) is 17.3. The number of hydrogen-bond donors (Lipinski definition) is 1. The van der Waals surface area contributed by atoms with E-state index in [4.69, 9.17) is 13.9 Å². The van der Waals surface area contributed by atoms with Crippen LogP contribution in [0.4, 0.5) is 5.69 Å². The molecule has 1 aliphatic rings. The molecule has 10 heteroatoms. The molecule has 2 heterocycles. The standard InChI is InChI=1S/C21H20N2O7S/c24-20(14-29-17-5-1-15-2-8-21(25)30-19(15)13-17)22-16-3-6-18(7-4-16)31(26,27)23-9-11-28-12-10-23/h1-8,13H,9-12,14H2,(H,22,24). The zero-order valence-electron chi connectivity index (χ0n) is 16.4. The van der Waals surface area contributed by atoms with Crippen LogP contribution in [0.5, 0.6) is 5.75 Å². The normalized spacial score (nSPS) is 15.0. The van der Waals surface area contributed by atoms with E-state index < -0.39 is 21.6 Å². The Kier molecular flexibility index (Phi) is 6.03. The van der Waals surface area contributed by atoms with Crippen LogP contribution in [-0.2, 0) is 19.6 Å². The van der Waals surface area contributed by atoms with Crippen molar-refractivity contribution in [2.24, 2.45) is 0 Å². The lowest BCUT2D eigenvalue weighted by Crippen LogP contribution is -2.40. The Hall–Kier alpha value is -3.21. The van der Waals surface area contributed by atoms with Crippen molar-refractivity contribution in [3.63, 3.8) is 0 Å². The van der Waals surface area contributed by atoms with Gasteiger partial charge >= 0.3 is 5.63 Å². The number of nitrogens with zero attached hydrogens (tertiary/aromatic N) is 1. The minimum absolute atomic E-state index is 0.154. The van der Waals surface area contributed by atoms with Gasteiger partial charge in [-0.3, -0.25) is 4.79 Å². The van der Waals surface area contributed by atoms with Gasteiger partial charge in [0.15, 0.2) is 6.61 Å². The fraction of sp³-hybridized carbons (Fsp3) is 0.238. The van der Waals surface area contributed by atoms with Crippen molar-refractivity contribution in [3.8, 4) is 5.75 Å². The number of benzene rings is 2. The van der Waals surface area contributed by atoms with Gasteiger partial charge in [-0.2, -0.15) is 4.31 Å². The van der Waals surface area contributed by atoms with Gasteiger partial charge in [0.05, 0.1) is 18.1 Å². The molecule has 3 aromatic rings. The summed E-state index contributed by atoms with van der Waals surface area (Å²) in [5.74, 6) is -0.0395. The summed E-state index contributed by atoms with van der Waals surface area (Å²) in [4.78, 5) is 23.7. The Balaban J connectivity index is 1.36. The summed E-state index contributed by atoms with van der Waals surface area (Å²) >= 11 is 0. The molecule has 31 heavy (non-hydrogen) atoms. The molecule has 0 spiro atoms. The monoisotopic (exact) mass is 444 g/mol. The van der Waals surface area contributed by atoms with E-state index >= 15 is 0 Å². The third kappa shape index (κ3) is 4.93. The molecule has 1 aliphatic heterocycles. The van der Waals surface area contributed by atoms with Crippen molar-refractivity contribution in [2.45, 2.75) is 4.90 Å². The minimum Gasteiger partial charge on any atom is -0.484 e. The summed E-state index contributed by atoms with van der Waals surface area (Å²) in [6, 6.07) is 13.8. The van der Waals surface area contributed by atoms with Gasteiger partial charge in [0.2, 0.25) is 10.0 Å². The van der Waals surface area contributed by atoms with Crippen LogP contribution in [0.2, 0.25) is 0 Å². The van der Waals surface area contributed by atoms with Gasteiger partial charge in [-0.1, -0.05) is 0 Å². The van der Waals surface area contributed by atoms with Crippen LogP contribution in [0.1, 0.15) is 0 Å². The number of fused-ring (bicyclic) bond motifs is 1. The summed E-state index contributed by atoms with van der Waals surface area (Å²) in [6.45, 7) is 1.11. The number of anilines is 1. The number of carbonyl (C=O) groups excluding carboxylic acids is 1. The van der Waals surface area contributed by atoms with Crippen LogP contribution in [0.3, 0.4) is 0 Å². The maximum Gasteiger partial charge on any atom is 0.336 e. The van der Waals surface area contributed by atoms with E-state index in [-0.39, 0.29) is 11.5 Å². The predicted molar refractivity (Wildman–Crippen MR) is 113 cm³/mol. The van der Waals surface area contributed by atoms with Gasteiger partial charge in [-0.25, -0.2) is 13.2 Å². The van der Waals surface area contributed by atoms with Crippen molar-refractivity contribution in [2.75, 3.05) is 38.2 Å². The number of hydrogen-bond acceptors (Lipinski definition) is 7. The first-order chi connectivity index (χ1) is 14.9. The maximum absolute atomic E-state index is 12.6. The smallest absolute Gasteiger partial charge is 0.336 e. The Morgan fingerprint density at radius 1 is 1.03 bits per heavy atom. The van der Waals surface area contributed by atoms with Gasteiger partial charge < -0.3 is 19.2 Å². The lowest BCUT2D eigenvalue weighted by molar-refractivity contribution is -0.118. The number of nitrogens with one attached hydrogen (secondary N) is 1. The highest BCUT2D eigenvalue weighted by atomic mass is 32.2. The second-order valence-electron chi connectivity index (χ2n) is 6.83. The quantitative estimate of drug-likeness (QED) is 0.577. The Labute approximate surface area is 178 Å². The summed E-state index contributed by atoms with van der Waals surface area (Å²) in [5.41, 5.74) is 0.336. The highest BCUT2D eigenvalue weighted by molar-refractivity contribution is 7.89. The SMILES string of the molecule is O=C(COc1ccc2ccc(=O)oc2c1)Nc1ccc(S(=O)(=O)N2CCOCC2)cc1. The lowest BCUT2D eigenvalue weighted by atomic mass is 10.2. The number of amides is 1. The molecule has 1 saturated heterocycles. The number of morpholine rings is 1. The van der Waals surface area contributed by atoms with Gasteiger partial charge in [0.25, 0.3) is 5.91 Å². The van der Waals surface area contributed by atoms with Crippen LogP contribution in [0.15, 0.2) is 68.7 Å². The molecule has 0 saturated carbocycles. The fourth-order valence-electron chi connectivity index (χ4n) is 3.12. The zero-order chi connectivity index (χ0) is 21.8. The second-order valence-corrected chi connectivity index (χ2v) is 8.77. The van der Waals surface area contributed by atoms with E-state index in [1.807, 2.05) is 0 Å². The average Bonchev–Trinajstić information content (AvgIpc) is 2.78. The summed E-state index contributed by atoms with van der Waals surface area (Å²) in [6.07, 6.45) is 0. The molecule has 0 atom stereocenters. The van der Waals surface area contributed by atoms with Crippen LogP contribution in [0.25, 0.3) is 11.0 Å². The summed E-state index contributed by atoms with van der Waals surface area (Å²) < 4.78 is 42.4. The second kappa shape index (κ2) is 8.88. The van der Waals surface area contributed by atoms with Gasteiger partial charge in [-0.05, 0) is 42.5 Å². The first-order valence-corrected chi connectivity index (χ1v) is 11.0. The Bertz CT molecular complexity index is 1250. The average molecular weight is 444 g/mol. The topological polar surface area (TPSA) is 115 Å². The van der Waals surface area contributed by atoms with Crippen molar-refractivity contribution in [1.82, 2.24) is 4.31 Å². The van der Waals surface area contributed by atoms with E-state index in [1.165, 1.54) is 40.7 Å². The Morgan fingerprint density at radius 2 is 1.74 bits per heavy atom. The molecule has 1 aromatic heterocycles. The van der Waals surface area contributed by atoms with E-state index in [0.717, 1.165) is 5.39 Å². The molecule has 2 aromatic carbocycles. The van der Waals surface area contributed by atoms with Gasteiger partial charge in [0, 0.05) is 36.3 Å². The van der Waals surface area contributed by atoms with E-state index in [1.54, 1.807) is 18.2 Å². The lowest BCUT2D eigenvalue weighted by Gasteiger charge is -2.26. The molecule has 162 valence electrons. The van der Waals surface area contributed by atoms with Crippen LogP contribution in [0, 0.1) is 0 Å². The molecule has 1 amide bonds. The summed E-state index contributed by atoms with van der Waals surface area (Å²) in [7, 11) is -3.59. The third-order valence-corrected chi connectivity index (χ3v) is 6.62. The van der Waals surface area contributed by atoms with Crippen molar-refractivity contribution in [3.05, 3.63) is 65.0 Å². The summed E-state index contributed by atoms with van der Waals surface area (Å²) in [5, 5.41) is 3.39. The van der Waals surface area contributed by atoms with E-state index in [2.05, 4.69) is 5.32 Å². The molecule has 4 rings (SSSR count). The molecule has 1 fully saturated rings. The van der Waals surface area contributed by atoms with Crippen molar-refractivity contribution >= 4 is 32.6 Å². The third-order valence-electron chi connectivity index (χ3n) is 4.71. The number of ether oxygens (including phenoxy) is 2. The highest BCUT2D eigenvalue weighted by Gasteiger charge is 2.26. The Morgan fingerprint density at radius 3 is 2.48 bits per heavy atom. The number of rotatable bonds is 6. The highest BCUT2D eigenvalue weighted by Crippen LogP contribution is 2.21. The first kappa shape index (κ1) is 21.0. The largest absolute Gasteiger partial charge is 0.484 e. The minimum atomic E-state index is -3.59. The molecular formula is C21H20N2O7S. The molecule has 9 nitrogen and oxygen atoms in total.